The Bertz CT molecular complexity index is 1570. The van der Waals surface area contributed by atoms with E-state index in [-0.39, 0.29) is 22.6 Å². The van der Waals surface area contributed by atoms with Gasteiger partial charge in [-0.3, -0.25) is 14.0 Å². The van der Waals surface area contributed by atoms with Crippen molar-refractivity contribution in [3.63, 3.8) is 0 Å². The molecule has 0 radical (unpaired) electrons. The third-order valence-corrected chi connectivity index (χ3v) is 6.06. The Morgan fingerprint density at radius 1 is 0.750 bits per heavy atom. The summed E-state index contributed by atoms with van der Waals surface area (Å²) in [4.78, 5) is 20.0. The molecule has 3 heterocycles. The van der Waals surface area contributed by atoms with Crippen LogP contribution in [0.25, 0.3) is 11.0 Å². The van der Waals surface area contributed by atoms with Crippen LogP contribution in [0.2, 0.25) is 0 Å². The Balaban J connectivity index is 1.85. The Morgan fingerprint density at radius 3 is 1.84 bits per heavy atom. The summed E-state index contributed by atoms with van der Waals surface area (Å²) in [5, 5.41) is 6.17. The van der Waals surface area contributed by atoms with Crippen molar-refractivity contribution < 1.29 is 70.2 Å². The number of alkyl halides is 16. The normalized spacial score (nSPS) is 14.5. The molecule has 3 aromatic rings. The first-order valence-corrected chi connectivity index (χ1v) is 11.6. The molecule has 23 heteroatoms. The smallest absolute Gasteiger partial charge is 0.290 e. The Morgan fingerprint density at radius 2 is 1.32 bits per heavy atom. The third-order valence-electron chi connectivity index (χ3n) is 6.06. The van der Waals surface area contributed by atoms with Crippen molar-refractivity contribution >= 4 is 11.0 Å². The predicted molar refractivity (Wildman–Crippen MR) is 113 cm³/mol. The van der Waals surface area contributed by atoms with Gasteiger partial charge in [0.2, 0.25) is 0 Å². The maximum absolute atomic E-state index is 14.1. The van der Waals surface area contributed by atoms with Gasteiger partial charge in [-0.05, 0) is 12.1 Å². The first kappa shape index (κ1) is 34.8. The maximum atomic E-state index is 14.1. The van der Waals surface area contributed by atoms with E-state index in [0.717, 1.165) is 10.6 Å². The molecule has 44 heavy (non-hydrogen) atoms. The molecular weight excluding hydrogens is 656 g/mol. The number of hydrogen-bond donors (Lipinski definition) is 0. The van der Waals surface area contributed by atoms with Gasteiger partial charge in [0.15, 0.2) is 5.65 Å². The van der Waals surface area contributed by atoms with Gasteiger partial charge in [0.05, 0.1) is 18.1 Å². The summed E-state index contributed by atoms with van der Waals surface area (Å²) in [6.07, 6.45) is -14.4. The Labute approximate surface area is 232 Å². The van der Waals surface area contributed by atoms with Crippen LogP contribution in [-0.4, -0.2) is 65.3 Å². The lowest BCUT2D eigenvalue weighted by Crippen LogP contribution is -2.70. The minimum absolute atomic E-state index is 0.0925. The lowest BCUT2D eigenvalue weighted by molar-refractivity contribution is -0.440. The lowest BCUT2D eigenvalue weighted by atomic mass is 9.92. The molecule has 0 N–H and O–H groups in total. The highest BCUT2D eigenvalue weighted by Gasteiger charge is 2.90. The molecular formula is C21H14F16N6O. The zero-order chi connectivity index (χ0) is 33.9. The van der Waals surface area contributed by atoms with E-state index >= 15 is 0 Å². The van der Waals surface area contributed by atoms with Crippen molar-refractivity contribution in [1.29, 1.82) is 0 Å². The van der Waals surface area contributed by atoms with E-state index in [2.05, 4.69) is 20.3 Å². The molecule has 0 saturated carbocycles. The number of rotatable bonds is 10. The summed E-state index contributed by atoms with van der Waals surface area (Å²) >= 11 is 0. The zero-order valence-corrected chi connectivity index (χ0v) is 21.2. The standard InChI is InChI=1S/C21H14F16N6O/c1-2-12-39-13-10(3-4-11(38-13)16(24,25)26)14(44)43(12)8-9-7-42(41-40-9)6-5-15(22,23)17(27,28)18(29,30)19(31,32)20(33,34)21(35,36)37/h3-4,7H,2,5-6,8H2,1H3. The summed E-state index contributed by atoms with van der Waals surface area (Å²) in [5.74, 6) is -37.7. The minimum Gasteiger partial charge on any atom is -0.290 e. The first-order chi connectivity index (χ1) is 19.7. The molecule has 0 atom stereocenters. The SMILES string of the molecule is CCc1nc2nc(C(F)(F)F)ccc2c(=O)n1Cc1cn(CCC(F)(F)C(F)(F)C(F)(F)C(F)(F)C(F)(F)C(F)(F)F)nn1. The molecule has 7 nitrogen and oxygen atoms in total. The van der Waals surface area contributed by atoms with Gasteiger partial charge in [-0.2, -0.15) is 70.2 Å². The fraction of sp³-hybridized carbons (Fsp3) is 0.571. The van der Waals surface area contributed by atoms with E-state index < -0.39 is 83.8 Å². The molecule has 0 aliphatic rings. The first-order valence-electron chi connectivity index (χ1n) is 11.6. The molecule has 246 valence electrons. The second-order valence-corrected chi connectivity index (χ2v) is 9.06. The summed E-state index contributed by atoms with van der Waals surface area (Å²) in [7, 11) is 0. The number of fused-ring (bicyclic) bond motifs is 1. The van der Waals surface area contributed by atoms with Crippen LogP contribution in [0.4, 0.5) is 70.2 Å². The molecule has 0 spiro atoms. The largest absolute Gasteiger partial charge is 0.460 e. The van der Waals surface area contributed by atoms with Crippen LogP contribution in [-0.2, 0) is 25.7 Å². The lowest BCUT2D eigenvalue weighted by Gasteiger charge is -2.39. The monoisotopic (exact) mass is 670 g/mol. The topological polar surface area (TPSA) is 78.5 Å². The van der Waals surface area contributed by atoms with E-state index in [1.807, 2.05) is 0 Å². The molecule has 0 bridgehead atoms. The fourth-order valence-corrected chi connectivity index (χ4v) is 3.63. The predicted octanol–water partition coefficient (Wildman–Crippen LogP) is 6.14. The van der Waals surface area contributed by atoms with E-state index in [9.17, 15) is 75.0 Å². The van der Waals surface area contributed by atoms with Crippen LogP contribution in [0.5, 0.6) is 0 Å². The van der Waals surface area contributed by atoms with Crippen molar-refractivity contribution in [2.45, 2.75) is 74.8 Å². The van der Waals surface area contributed by atoms with Crippen molar-refractivity contribution in [2.24, 2.45) is 0 Å². The summed E-state index contributed by atoms with van der Waals surface area (Å²) in [6.45, 7) is -0.779. The van der Waals surface area contributed by atoms with Gasteiger partial charge < -0.3 is 0 Å². The molecule has 0 fully saturated rings. The highest BCUT2D eigenvalue weighted by molar-refractivity contribution is 5.73. The molecule has 0 unspecified atom stereocenters. The van der Waals surface area contributed by atoms with Crippen LogP contribution < -0.4 is 5.56 Å². The number of aryl methyl sites for hydroxylation is 2. The highest BCUT2D eigenvalue weighted by atomic mass is 19.4. The molecule has 0 aliphatic heterocycles. The number of pyridine rings is 1. The van der Waals surface area contributed by atoms with E-state index in [1.165, 1.54) is 6.92 Å². The zero-order valence-electron chi connectivity index (χ0n) is 21.2. The molecule has 0 saturated heterocycles. The number of aromatic nitrogens is 6. The second kappa shape index (κ2) is 10.7. The van der Waals surface area contributed by atoms with Crippen LogP contribution in [0.1, 0.15) is 30.6 Å². The van der Waals surface area contributed by atoms with Gasteiger partial charge in [0.25, 0.3) is 5.56 Å². The maximum Gasteiger partial charge on any atom is 0.460 e. The fourth-order valence-electron chi connectivity index (χ4n) is 3.63. The van der Waals surface area contributed by atoms with Crippen molar-refractivity contribution in [2.75, 3.05) is 0 Å². The Hall–Kier alpha value is -3.69. The van der Waals surface area contributed by atoms with Crippen LogP contribution in [0.3, 0.4) is 0 Å². The number of nitrogens with zero attached hydrogens (tertiary/aromatic N) is 6. The van der Waals surface area contributed by atoms with Crippen molar-refractivity contribution in [1.82, 2.24) is 29.5 Å². The van der Waals surface area contributed by atoms with Crippen LogP contribution >= 0.6 is 0 Å². The van der Waals surface area contributed by atoms with Gasteiger partial charge in [-0.1, -0.05) is 12.1 Å². The van der Waals surface area contributed by atoms with E-state index in [0.29, 0.717) is 12.3 Å². The van der Waals surface area contributed by atoms with Gasteiger partial charge in [-0.25, -0.2) is 9.97 Å². The van der Waals surface area contributed by atoms with Gasteiger partial charge in [0, 0.05) is 19.4 Å². The average Bonchev–Trinajstić information content (AvgIpc) is 3.34. The summed E-state index contributed by atoms with van der Waals surface area (Å²) in [5.41, 5.74) is -3.26. The summed E-state index contributed by atoms with van der Waals surface area (Å²) < 4.78 is 212. The van der Waals surface area contributed by atoms with E-state index in [4.69, 9.17) is 0 Å². The number of halogens is 16. The Kier molecular flexibility index (Phi) is 8.49. The van der Waals surface area contributed by atoms with Crippen molar-refractivity contribution in [3.8, 4) is 0 Å². The second-order valence-electron chi connectivity index (χ2n) is 9.06. The number of hydrogen-bond acceptors (Lipinski definition) is 5. The van der Waals surface area contributed by atoms with Crippen LogP contribution in [0, 0.1) is 0 Å². The molecule has 0 aromatic carbocycles. The molecule has 3 rings (SSSR count). The average molecular weight is 670 g/mol. The van der Waals surface area contributed by atoms with Gasteiger partial charge >= 0.3 is 42.0 Å². The molecule has 0 aliphatic carbocycles. The molecule has 0 amide bonds. The van der Waals surface area contributed by atoms with Gasteiger partial charge in [-0.15, -0.1) is 5.10 Å². The highest BCUT2D eigenvalue weighted by Crippen LogP contribution is 2.60. The summed E-state index contributed by atoms with van der Waals surface area (Å²) in [6, 6.07) is 1.25. The van der Waals surface area contributed by atoms with Gasteiger partial charge in [0.1, 0.15) is 17.2 Å². The third kappa shape index (κ3) is 5.63. The quantitative estimate of drug-likeness (QED) is 0.242. The van der Waals surface area contributed by atoms with E-state index in [1.54, 1.807) is 0 Å². The van der Waals surface area contributed by atoms with Crippen molar-refractivity contribution in [3.05, 3.63) is 45.9 Å². The van der Waals surface area contributed by atoms with Crippen LogP contribution in [0.15, 0.2) is 23.1 Å². The minimum atomic E-state index is -8.02. The molecule has 3 aromatic heterocycles.